The summed E-state index contributed by atoms with van der Waals surface area (Å²) in [6.45, 7) is 2.89. The summed E-state index contributed by atoms with van der Waals surface area (Å²) < 4.78 is 5.52. The average Bonchev–Trinajstić information content (AvgIpc) is 2.86. The zero-order chi connectivity index (χ0) is 9.97. The van der Waals surface area contributed by atoms with Gasteiger partial charge in [-0.1, -0.05) is 0 Å². The van der Waals surface area contributed by atoms with E-state index in [2.05, 4.69) is 4.90 Å². The number of nitrogens with zero attached hydrogens (tertiary/aromatic N) is 1. The predicted octanol–water partition coefficient (Wildman–Crippen LogP) is -0.407. The summed E-state index contributed by atoms with van der Waals surface area (Å²) in [6, 6.07) is 0. The number of ether oxygens (including phenoxy) is 1. The summed E-state index contributed by atoms with van der Waals surface area (Å²) in [5, 5.41) is 18.9. The molecule has 0 aromatic rings. The second-order valence-electron chi connectivity index (χ2n) is 4.37. The maximum Gasteiger partial charge on any atom is 0.0692 e. The largest absolute Gasteiger partial charge is 0.392 e. The Balaban J connectivity index is 1.62. The fraction of sp³-hybridized carbons (Fsp3) is 1.00. The van der Waals surface area contributed by atoms with Crippen molar-refractivity contribution in [1.82, 2.24) is 4.90 Å². The first kappa shape index (κ1) is 10.4. The average molecular weight is 201 g/mol. The molecule has 82 valence electrons. The van der Waals surface area contributed by atoms with Crippen molar-refractivity contribution < 1.29 is 14.9 Å². The minimum absolute atomic E-state index is 0.375. The highest BCUT2D eigenvalue weighted by atomic mass is 16.5. The lowest BCUT2D eigenvalue weighted by Gasteiger charge is -2.33. The van der Waals surface area contributed by atoms with Gasteiger partial charge in [-0.05, 0) is 12.8 Å². The molecule has 2 atom stereocenters. The molecule has 2 aliphatic rings. The lowest BCUT2D eigenvalue weighted by molar-refractivity contribution is -0.0190. The molecule has 0 amide bonds. The van der Waals surface area contributed by atoms with Gasteiger partial charge in [0.1, 0.15) is 0 Å². The van der Waals surface area contributed by atoms with Crippen LogP contribution in [-0.2, 0) is 4.74 Å². The van der Waals surface area contributed by atoms with Gasteiger partial charge in [-0.15, -0.1) is 0 Å². The predicted molar refractivity (Wildman–Crippen MR) is 52.0 cm³/mol. The molecule has 1 aliphatic heterocycles. The van der Waals surface area contributed by atoms with Crippen molar-refractivity contribution in [3.63, 3.8) is 0 Å². The third-order valence-electron chi connectivity index (χ3n) is 2.77. The Morgan fingerprint density at radius 1 is 1.14 bits per heavy atom. The van der Waals surface area contributed by atoms with Crippen LogP contribution < -0.4 is 0 Å². The van der Waals surface area contributed by atoms with Crippen molar-refractivity contribution in [2.45, 2.75) is 37.6 Å². The Bertz CT molecular complexity index is 174. The lowest BCUT2D eigenvalue weighted by Crippen LogP contribution is -2.46. The van der Waals surface area contributed by atoms with Crippen LogP contribution in [0.1, 0.15) is 19.3 Å². The van der Waals surface area contributed by atoms with Crippen molar-refractivity contribution in [3.05, 3.63) is 0 Å². The fourth-order valence-electron chi connectivity index (χ4n) is 1.90. The molecular formula is C10H19NO3. The van der Waals surface area contributed by atoms with Gasteiger partial charge in [0.15, 0.2) is 0 Å². The highest BCUT2D eigenvalue weighted by Gasteiger charge is 2.25. The van der Waals surface area contributed by atoms with Gasteiger partial charge in [0.2, 0.25) is 0 Å². The standard InChI is InChI=1S/C10H19NO3/c12-8-5-9(13)7-11(6-8)3-4-14-10-1-2-10/h8-10,12-13H,1-7H2/t8-,9+. The summed E-state index contributed by atoms with van der Waals surface area (Å²) in [6.07, 6.45) is 2.66. The van der Waals surface area contributed by atoms with E-state index in [-0.39, 0.29) is 12.2 Å². The molecule has 14 heavy (non-hydrogen) atoms. The molecule has 0 bridgehead atoms. The topological polar surface area (TPSA) is 52.9 Å². The molecule has 0 spiro atoms. The van der Waals surface area contributed by atoms with E-state index in [0.29, 0.717) is 25.6 Å². The first-order chi connectivity index (χ1) is 6.74. The van der Waals surface area contributed by atoms with Crippen LogP contribution in [0.2, 0.25) is 0 Å². The summed E-state index contributed by atoms with van der Waals surface area (Å²) in [4.78, 5) is 2.07. The molecule has 1 heterocycles. The second-order valence-corrected chi connectivity index (χ2v) is 4.37. The zero-order valence-electron chi connectivity index (χ0n) is 8.43. The van der Waals surface area contributed by atoms with Crippen molar-refractivity contribution in [2.75, 3.05) is 26.2 Å². The molecule has 0 aromatic carbocycles. The lowest BCUT2D eigenvalue weighted by atomic mass is 10.1. The SMILES string of the molecule is O[C@@H]1C[C@H](O)CN(CCOC2CC2)C1. The van der Waals surface area contributed by atoms with Crippen LogP contribution in [0.25, 0.3) is 0 Å². The minimum atomic E-state index is -0.375. The molecule has 2 rings (SSSR count). The van der Waals surface area contributed by atoms with E-state index in [9.17, 15) is 10.2 Å². The number of β-amino-alcohol motifs (C(OH)–C–C–N with tert-alkyl or cyclic N) is 2. The first-order valence-corrected chi connectivity index (χ1v) is 5.44. The molecule has 0 radical (unpaired) electrons. The Hall–Kier alpha value is -0.160. The summed E-state index contributed by atoms with van der Waals surface area (Å²) in [7, 11) is 0. The van der Waals surface area contributed by atoms with Crippen LogP contribution in [0.3, 0.4) is 0 Å². The van der Waals surface area contributed by atoms with Crippen LogP contribution in [0.15, 0.2) is 0 Å². The Morgan fingerprint density at radius 2 is 1.79 bits per heavy atom. The third kappa shape index (κ3) is 3.20. The molecule has 2 N–H and O–H groups in total. The van der Waals surface area contributed by atoms with Crippen molar-refractivity contribution in [3.8, 4) is 0 Å². The Labute approximate surface area is 84.5 Å². The molecular weight excluding hydrogens is 182 g/mol. The first-order valence-electron chi connectivity index (χ1n) is 5.44. The molecule has 4 heteroatoms. The molecule has 1 saturated carbocycles. The van der Waals surface area contributed by atoms with Gasteiger partial charge in [0, 0.05) is 26.1 Å². The van der Waals surface area contributed by atoms with Crippen LogP contribution in [0.5, 0.6) is 0 Å². The second kappa shape index (κ2) is 4.57. The van der Waals surface area contributed by atoms with E-state index >= 15 is 0 Å². The van der Waals surface area contributed by atoms with E-state index in [1.807, 2.05) is 0 Å². The van der Waals surface area contributed by atoms with Gasteiger partial charge in [0.25, 0.3) is 0 Å². The quantitative estimate of drug-likeness (QED) is 0.649. The van der Waals surface area contributed by atoms with Crippen molar-refractivity contribution in [2.24, 2.45) is 0 Å². The van der Waals surface area contributed by atoms with E-state index in [0.717, 1.165) is 13.2 Å². The summed E-state index contributed by atoms with van der Waals surface area (Å²) >= 11 is 0. The summed E-state index contributed by atoms with van der Waals surface area (Å²) in [5.41, 5.74) is 0. The normalized spacial score (nSPS) is 34.7. The number of rotatable bonds is 4. The molecule has 1 aliphatic carbocycles. The van der Waals surface area contributed by atoms with E-state index < -0.39 is 0 Å². The maximum atomic E-state index is 9.43. The van der Waals surface area contributed by atoms with E-state index in [1.165, 1.54) is 12.8 Å². The molecule has 2 fully saturated rings. The van der Waals surface area contributed by atoms with Gasteiger partial charge < -0.3 is 14.9 Å². The number of aliphatic hydroxyl groups is 2. The smallest absolute Gasteiger partial charge is 0.0692 e. The molecule has 1 saturated heterocycles. The van der Waals surface area contributed by atoms with E-state index in [1.54, 1.807) is 0 Å². The van der Waals surface area contributed by atoms with Crippen LogP contribution in [-0.4, -0.2) is 59.7 Å². The molecule has 0 aromatic heterocycles. The van der Waals surface area contributed by atoms with Crippen molar-refractivity contribution in [1.29, 1.82) is 0 Å². The highest BCUT2D eigenvalue weighted by Crippen LogP contribution is 2.23. The fourth-order valence-corrected chi connectivity index (χ4v) is 1.90. The number of hydrogen-bond acceptors (Lipinski definition) is 4. The van der Waals surface area contributed by atoms with Crippen molar-refractivity contribution >= 4 is 0 Å². The zero-order valence-corrected chi connectivity index (χ0v) is 8.43. The van der Waals surface area contributed by atoms with Gasteiger partial charge in [-0.2, -0.15) is 0 Å². The maximum absolute atomic E-state index is 9.43. The molecule has 4 nitrogen and oxygen atoms in total. The Morgan fingerprint density at radius 3 is 2.36 bits per heavy atom. The van der Waals surface area contributed by atoms with Crippen LogP contribution in [0.4, 0.5) is 0 Å². The molecule has 0 unspecified atom stereocenters. The van der Waals surface area contributed by atoms with E-state index in [4.69, 9.17) is 4.74 Å². The van der Waals surface area contributed by atoms with Crippen LogP contribution >= 0.6 is 0 Å². The monoisotopic (exact) mass is 201 g/mol. The van der Waals surface area contributed by atoms with Gasteiger partial charge in [-0.25, -0.2) is 0 Å². The third-order valence-corrected chi connectivity index (χ3v) is 2.77. The number of piperidine rings is 1. The van der Waals surface area contributed by atoms with Crippen LogP contribution in [0, 0.1) is 0 Å². The highest BCUT2D eigenvalue weighted by molar-refractivity contribution is 4.78. The van der Waals surface area contributed by atoms with Gasteiger partial charge in [-0.3, -0.25) is 4.90 Å². The minimum Gasteiger partial charge on any atom is -0.392 e. The van der Waals surface area contributed by atoms with Gasteiger partial charge >= 0.3 is 0 Å². The Kier molecular flexibility index (Phi) is 3.38. The number of hydrogen-bond donors (Lipinski definition) is 2. The number of likely N-dealkylation sites (tertiary alicyclic amines) is 1. The van der Waals surface area contributed by atoms with Gasteiger partial charge in [0.05, 0.1) is 24.9 Å². The summed E-state index contributed by atoms with van der Waals surface area (Å²) in [5.74, 6) is 0. The number of aliphatic hydroxyl groups excluding tert-OH is 2.